The van der Waals surface area contributed by atoms with Crippen molar-refractivity contribution < 1.29 is 4.79 Å². The van der Waals surface area contributed by atoms with Gasteiger partial charge in [-0.15, -0.1) is 11.3 Å². The second-order valence-electron chi connectivity index (χ2n) is 4.67. The average molecular weight is 346 g/mol. The van der Waals surface area contributed by atoms with Crippen LogP contribution in [0.3, 0.4) is 0 Å². The second-order valence-corrected chi connectivity index (χ2v) is 6.50. The lowest BCUT2D eigenvalue weighted by atomic mass is 10.0. The number of carbonyl (C=O) groups excluding carboxylic acids is 1. The van der Waals surface area contributed by atoms with Gasteiger partial charge in [-0.05, 0) is 40.5 Å². The molecule has 0 aliphatic rings. The molecule has 2 heterocycles. The van der Waals surface area contributed by atoms with E-state index < -0.39 is 0 Å². The summed E-state index contributed by atoms with van der Waals surface area (Å²) in [7, 11) is 0. The van der Waals surface area contributed by atoms with Crippen molar-refractivity contribution in [1.29, 1.82) is 0 Å². The molecule has 0 spiro atoms. The molecule has 0 unspecified atom stereocenters. The van der Waals surface area contributed by atoms with Crippen molar-refractivity contribution in [1.82, 2.24) is 4.98 Å². The molecule has 3 aromatic rings. The maximum absolute atomic E-state index is 12.3. The number of rotatable bonds is 3. The minimum atomic E-state index is 0.136. The number of pyridine rings is 1. The van der Waals surface area contributed by atoms with Crippen LogP contribution < -0.4 is 0 Å². The second kappa shape index (κ2) is 5.46. The number of nitrogens with zero attached hydrogens (tertiary/aromatic N) is 1. The Bertz CT molecular complexity index is 794. The number of halogens is 1. The van der Waals surface area contributed by atoms with E-state index in [-0.39, 0.29) is 5.78 Å². The number of ketones is 1. The maximum atomic E-state index is 12.3. The quantitative estimate of drug-likeness (QED) is 0.638. The van der Waals surface area contributed by atoms with Gasteiger partial charge in [0.25, 0.3) is 0 Å². The van der Waals surface area contributed by atoms with E-state index in [0.29, 0.717) is 6.42 Å². The Morgan fingerprint density at radius 1 is 1.30 bits per heavy atom. The van der Waals surface area contributed by atoms with Gasteiger partial charge in [0.15, 0.2) is 5.78 Å². The Morgan fingerprint density at radius 3 is 2.90 bits per heavy atom. The van der Waals surface area contributed by atoms with Gasteiger partial charge in [-0.2, -0.15) is 0 Å². The molecule has 0 aliphatic heterocycles. The molecule has 2 nitrogen and oxygen atoms in total. The van der Waals surface area contributed by atoms with Crippen LogP contribution in [0.4, 0.5) is 0 Å². The predicted octanol–water partition coefficient (Wildman–Crippen LogP) is 4.79. The number of hydrogen-bond acceptors (Lipinski definition) is 3. The minimum Gasteiger partial charge on any atom is -0.293 e. The smallest absolute Gasteiger partial charge is 0.177 e. The van der Waals surface area contributed by atoms with Crippen LogP contribution in [-0.4, -0.2) is 10.8 Å². The molecule has 0 radical (unpaired) electrons. The first kappa shape index (κ1) is 13.5. The molecule has 0 fully saturated rings. The third kappa shape index (κ3) is 2.67. The van der Waals surface area contributed by atoms with Crippen molar-refractivity contribution >= 4 is 44.0 Å². The fraction of sp³-hybridized carbons (Fsp3) is 0.125. The number of hydrogen-bond donors (Lipinski definition) is 0. The number of fused-ring (bicyclic) bond motifs is 1. The number of aryl methyl sites for hydroxylation is 1. The van der Waals surface area contributed by atoms with E-state index in [0.717, 1.165) is 31.5 Å². The first-order valence-electron chi connectivity index (χ1n) is 6.26. The van der Waals surface area contributed by atoms with Gasteiger partial charge in [-0.1, -0.05) is 24.3 Å². The summed E-state index contributed by atoms with van der Waals surface area (Å²) in [5.41, 5.74) is 2.88. The molecule has 0 amide bonds. The lowest BCUT2D eigenvalue weighted by molar-refractivity contribution is 0.0997. The van der Waals surface area contributed by atoms with Crippen molar-refractivity contribution in [2.45, 2.75) is 13.3 Å². The number of thiophene rings is 1. The van der Waals surface area contributed by atoms with Gasteiger partial charge in [0.05, 0.1) is 10.4 Å². The average Bonchev–Trinajstić information content (AvgIpc) is 2.86. The van der Waals surface area contributed by atoms with Crippen LogP contribution >= 0.6 is 27.3 Å². The molecule has 0 N–H and O–H groups in total. The lowest BCUT2D eigenvalue weighted by Crippen LogP contribution is -2.02. The Morgan fingerprint density at radius 2 is 2.15 bits per heavy atom. The molecule has 2 aromatic heterocycles. The summed E-state index contributed by atoms with van der Waals surface area (Å²) < 4.78 is 0.956. The fourth-order valence-electron chi connectivity index (χ4n) is 2.17. The summed E-state index contributed by atoms with van der Waals surface area (Å²) in [4.78, 5) is 17.7. The molecule has 1 aromatic carbocycles. The Kier molecular flexibility index (Phi) is 3.68. The Balaban J connectivity index is 1.98. The van der Waals surface area contributed by atoms with Gasteiger partial charge in [0, 0.05) is 27.4 Å². The maximum Gasteiger partial charge on any atom is 0.177 e. The molecule has 100 valence electrons. The van der Waals surface area contributed by atoms with E-state index in [9.17, 15) is 4.79 Å². The van der Waals surface area contributed by atoms with Crippen LogP contribution in [0.1, 0.15) is 20.9 Å². The molecule has 0 saturated carbocycles. The number of aromatic nitrogens is 1. The van der Waals surface area contributed by atoms with Crippen LogP contribution in [0.25, 0.3) is 10.9 Å². The third-order valence-corrected chi connectivity index (χ3v) is 4.87. The molecular formula is C16H12BrNOS. The van der Waals surface area contributed by atoms with Crippen LogP contribution in [0, 0.1) is 6.92 Å². The van der Waals surface area contributed by atoms with Crippen molar-refractivity contribution in [3.63, 3.8) is 0 Å². The van der Waals surface area contributed by atoms with Crippen molar-refractivity contribution in [2.75, 3.05) is 0 Å². The Hall–Kier alpha value is -1.52. The number of carbonyl (C=O) groups is 1. The summed E-state index contributed by atoms with van der Waals surface area (Å²) in [6.07, 6.45) is 0.390. The fourth-order valence-corrected chi connectivity index (χ4v) is 3.54. The van der Waals surface area contributed by atoms with Gasteiger partial charge in [-0.25, -0.2) is 0 Å². The van der Waals surface area contributed by atoms with Crippen molar-refractivity contribution in [3.8, 4) is 0 Å². The van der Waals surface area contributed by atoms with E-state index in [1.807, 2.05) is 48.7 Å². The van der Waals surface area contributed by atoms with Crippen molar-refractivity contribution in [3.05, 3.63) is 62.4 Å². The lowest BCUT2D eigenvalue weighted by Gasteiger charge is -2.05. The summed E-state index contributed by atoms with van der Waals surface area (Å²) in [5, 5.41) is 3.01. The van der Waals surface area contributed by atoms with Crippen LogP contribution in [0.5, 0.6) is 0 Å². The van der Waals surface area contributed by atoms with Crippen LogP contribution in [0.2, 0.25) is 0 Å². The predicted molar refractivity (Wildman–Crippen MR) is 86.5 cm³/mol. The third-order valence-electron chi connectivity index (χ3n) is 3.14. The highest BCUT2D eigenvalue weighted by Crippen LogP contribution is 2.23. The first-order chi connectivity index (χ1) is 9.63. The standard InChI is InChI=1S/C16H12BrNOS/c1-10-5-6-11-3-2-4-12(16(11)18-10)7-14(19)15-8-13(17)9-20-15/h2-6,8-9H,7H2,1H3. The number of benzene rings is 1. The minimum absolute atomic E-state index is 0.136. The van der Waals surface area contributed by atoms with E-state index in [4.69, 9.17) is 0 Å². The monoisotopic (exact) mass is 345 g/mol. The van der Waals surface area contributed by atoms with E-state index in [1.54, 1.807) is 0 Å². The summed E-state index contributed by atoms with van der Waals surface area (Å²) in [6, 6.07) is 11.9. The number of Topliss-reactive ketones (excluding diaryl/α,β-unsaturated/α-hetero) is 1. The van der Waals surface area contributed by atoms with Gasteiger partial charge in [0.2, 0.25) is 0 Å². The highest BCUT2D eigenvalue weighted by molar-refractivity contribution is 9.10. The molecule has 0 bridgehead atoms. The molecule has 0 saturated heterocycles. The molecular weight excluding hydrogens is 334 g/mol. The van der Waals surface area contributed by atoms with E-state index in [2.05, 4.69) is 20.9 Å². The summed E-state index contributed by atoms with van der Waals surface area (Å²) >= 11 is 4.85. The highest BCUT2D eigenvalue weighted by Gasteiger charge is 2.12. The largest absolute Gasteiger partial charge is 0.293 e. The van der Waals surface area contributed by atoms with Gasteiger partial charge < -0.3 is 0 Å². The first-order valence-corrected chi connectivity index (χ1v) is 7.93. The molecule has 20 heavy (non-hydrogen) atoms. The SMILES string of the molecule is Cc1ccc2cccc(CC(=O)c3cc(Br)cs3)c2n1. The van der Waals surface area contributed by atoms with Crippen LogP contribution in [0.15, 0.2) is 46.3 Å². The molecule has 0 atom stereocenters. The zero-order valence-corrected chi connectivity index (χ0v) is 13.3. The van der Waals surface area contributed by atoms with Gasteiger partial charge in [0.1, 0.15) is 0 Å². The normalized spacial score (nSPS) is 10.9. The van der Waals surface area contributed by atoms with E-state index >= 15 is 0 Å². The molecule has 4 heteroatoms. The summed E-state index contributed by atoms with van der Waals surface area (Å²) in [5.74, 6) is 0.136. The van der Waals surface area contributed by atoms with Crippen molar-refractivity contribution in [2.24, 2.45) is 0 Å². The van der Waals surface area contributed by atoms with Crippen LogP contribution in [-0.2, 0) is 6.42 Å². The molecule has 0 aliphatic carbocycles. The number of para-hydroxylation sites is 1. The van der Waals surface area contributed by atoms with Gasteiger partial charge in [-0.3, -0.25) is 9.78 Å². The van der Waals surface area contributed by atoms with Gasteiger partial charge >= 0.3 is 0 Å². The zero-order chi connectivity index (χ0) is 14.1. The highest BCUT2D eigenvalue weighted by atomic mass is 79.9. The topological polar surface area (TPSA) is 30.0 Å². The summed E-state index contributed by atoms with van der Waals surface area (Å²) in [6.45, 7) is 1.97. The molecule has 3 rings (SSSR count). The Labute approximate surface area is 129 Å². The van der Waals surface area contributed by atoms with E-state index in [1.165, 1.54) is 11.3 Å². The zero-order valence-electron chi connectivity index (χ0n) is 10.9.